The lowest BCUT2D eigenvalue weighted by molar-refractivity contribution is -0.121. The average molecular weight is 304 g/mol. The number of anilines is 1. The van der Waals surface area contributed by atoms with Crippen molar-refractivity contribution in [3.8, 4) is 0 Å². The highest BCUT2D eigenvalue weighted by atomic mass is 16.3. The molecule has 0 radical (unpaired) electrons. The summed E-state index contributed by atoms with van der Waals surface area (Å²) < 4.78 is 0. The Morgan fingerprint density at radius 1 is 1.14 bits per heavy atom. The largest absolute Gasteiger partial charge is 0.391 e. The Hall–Kier alpha value is -1.53. The molecule has 0 aromatic carbocycles. The van der Waals surface area contributed by atoms with E-state index in [4.69, 9.17) is 0 Å². The van der Waals surface area contributed by atoms with Gasteiger partial charge in [-0.1, -0.05) is 12.8 Å². The molecule has 2 N–H and O–H groups in total. The molecule has 1 aliphatic carbocycles. The molecule has 1 saturated heterocycles. The van der Waals surface area contributed by atoms with Crippen LogP contribution < -0.4 is 5.32 Å². The normalized spacial score (nSPS) is 27.5. The van der Waals surface area contributed by atoms with Gasteiger partial charge in [0.1, 0.15) is 0 Å². The topological polar surface area (TPSA) is 78.4 Å². The highest BCUT2D eigenvalue weighted by Gasteiger charge is 2.33. The van der Waals surface area contributed by atoms with Crippen molar-refractivity contribution in [2.24, 2.45) is 5.92 Å². The van der Waals surface area contributed by atoms with Crippen LogP contribution in [-0.2, 0) is 4.79 Å². The summed E-state index contributed by atoms with van der Waals surface area (Å²) >= 11 is 0. The van der Waals surface area contributed by atoms with Gasteiger partial charge in [0.25, 0.3) is 0 Å². The average Bonchev–Trinajstić information content (AvgIpc) is 2.56. The number of carbonyl (C=O) groups excluding carboxylic acids is 1. The molecule has 2 heterocycles. The van der Waals surface area contributed by atoms with Crippen molar-refractivity contribution in [1.82, 2.24) is 14.9 Å². The molecule has 3 rings (SSSR count). The van der Waals surface area contributed by atoms with Gasteiger partial charge >= 0.3 is 0 Å². The lowest BCUT2D eigenvalue weighted by atomic mass is 9.88. The van der Waals surface area contributed by atoms with Gasteiger partial charge in [0, 0.05) is 24.4 Å². The van der Waals surface area contributed by atoms with E-state index >= 15 is 0 Å². The number of carbonyl (C=O) groups is 1. The van der Waals surface area contributed by atoms with Crippen molar-refractivity contribution in [3.05, 3.63) is 18.5 Å². The zero-order valence-electron chi connectivity index (χ0n) is 12.8. The Morgan fingerprint density at radius 3 is 2.50 bits per heavy atom. The quantitative estimate of drug-likeness (QED) is 0.883. The first-order valence-electron chi connectivity index (χ1n) is 8.24. The standard InChI is InChI=1S/C16H24N4O2/c21-14-5-2-1-4-13(14)20-10-6-12(7-11-20)15(22)19-16-17-8-3-9-18-16/h3,8-9,12-14,21H,1-2,4-7,10-11H2,(H,17,18,19,22). The zero-order valence-corrected chi connectivity index (χ0v) is 12.8. The van der Waals surface area contributed by atoms with E-state index in [9.17, 15) is 9.90 Å². The molecule has 2 unspecified atom stereocenters. The van der Waals surface area contributed by atoms with Crippen LogP contribution in [0.4, 0.5) is 5.95 Å². The summed E-state index contributed by atoms with van der Waals surface area (Å²) in [5.41, 5.74) is 0. The molecule has 22 heavy (non-hydrogen) atoms. The summed E-state index contributed by atoms with van der Waals surface area (Å²) in [6.07, 6.45) is 9.04. The van der Waals surface area contributed by atoms with E-state index in [0.29, 0.717) is 5.95 Å². The molecular weight excluding hydrogens is 280 g/mol. The Kier molecular flexibility index (Phi) is 5.00. The number of aliphatic hydroxyl groups is 1. The lowest BCUT2D eigenvalue weighted by Gasteiger charge is -2.41. The number of nitrogens with one attached hydrogen (secondary N) is 1. The Morgan fingerprint density at radius 2 is 1.82 bits per heavy atom. The zero-order chi connectivity index (χ0) is 15.4. The number of aliphatic hydroxyl groups excluding tert-OH is 1. The third-order valence-corrected chi connectivity index (χ3v) is 4.86. The Labute approximate surface area is 131 Å². The van der Waals surface area contributed by atoms with Crippen LogP contribution in [0.3, 0.4) is 0 Å². The first-order valence-corrected chi connectivity index (χ1v) is 8.24. The molecule has 1 aromatic rings. The Bertz CT molecular complexity index is 488. The van der Waals surface area contributed by atoms with Crippen LogP contribution in [0.2, 0.25) is 0 Å². The van der Waals surface area contributed by atoms with Crippen molar-refractivity contribution in [2.75, 3.05) is 18.4 Å². The van der Waals surface area contributed by atoms with E-state index in [-0.39, 0.29) is 24.0 Å². The molecule has 0 spiro atoms. The number of aromatic nitrogens is 2. The molecule has 1 aromatic heterocycles. The third kappa shape index (κ3) is 3.62. The molecule has 1 saturated carbocycles. The number of amides is 1. The number of nitrogens with zero attached hydrogens (tertiary/aromatic N) is 3. The summed E-state index contributed by atoms with van der Waals surface area (Å²) in [5, 5.41) is 12.9. The number of likely N-dealkylation sites (tertiary alicyclic amines) is 1. The second-order valence-corrected chi connectivity index (χ2v) is 6.29. The first kappa shape index (κ1) is 15.4. The minimum atomic E-state index is -0.197. The van der Waals surface area contributed by atoms with Crippen LogP contribution in [0.15, 0.2) is 18.5 Å². The van der Waals surface area contributed by atoms with Gasteiger partial charge in [-0.15, -0.1) is 0 Å². The van der Waals surface area contributed by atoms with E-state index in [2.05, 4.69) is 20.2 Å². The predicted octanol–water partition coefficient (Wildman–Crippen LogP) is 1.43. The van der Waals surface area contributed by atoms with Gasteiger partial charge in [-0.25, -0.2) is 9.97 Å². The van der Waals surface area contributed by atoms with Gasteiger partial charge in [-0.2, -0.15) is 0 Å². The molecular formula is C16H24N4O2. The van der Waals surface area contributed by atoms with Gasteiger partial charge in [0.2, 0.25) is 11.9 Å². The first-order chi connectivity index (χ1) is 10.7. The number of rotatable bonds is 3. The van der Waals surface area contributed by atoms with Crippen LogP contribution in [0.5, 0.6) is 0 Å². The molecule has 1 amide bonds. The van der Waals surface area contributed by atoms with Crippen molar-refractivity contribution in [2.45, 2.75) is 50.7 Å². The molecule has 2 fully saturated rings. The summed E-state index contributed by atoms with van der Waals surface area (Å²) in [6, 6.07) is 2.01. The predicted molar refractivity (Wildman–Crippen MR) is 83.2 cm³/mol. The van der Waals surface area contributed by atoms with E-state index in [1.165, 1.54) is 6.42 Å². The van der Waals surface area contributed by atoms with Crippen LogP contribution in [0.1, 0.15) is 38.5 Å². The number of hydrogen-bond donors (Lipinski definition) is 2. The van der Waals surface area contributed by atoms with Crippen molar-refractivity contribution < 1.29 is 9.90 Å². The van der Waals surface area contributed by atoms with E-state index < -0.39 is 0 Å². The van der Waals surface area contributed by atoms with Crippen LogP contribution >= 0.6 is 0 Å². The SMILES string of the molecule is O=C(Nc1ncccn1)C1CCN(C2CCCCC2O)CC1. The summed E-state index contributed by atoms with van der Waals surface area (Å²) in [6.45, 7) is 1.77. The lowest BCUT2D eigenvalue weighted by Crippen LogP contribution is -2.49. The van der Waals surface area contributed by atoms with Gasteiger partial charge in [0.05, 0.1) is 6.10 Å². The minimum absolute atomic E-state index is 0.00930. The Balaban J connectivity index is 1.50. The van der Waals surface area contributed by atoms with Crippen LogP contribution in [-0.4, -0.2) is 51.1 Å². The van der Waals surface area contributed by atoms with Gasteiger partial charge in [-0.05, 0) is 44.8 Å². The molecule has 6 heteroatoms. The summed E-state index contributed by atoms with van der Waals surface area (Å²) in [7, 11) is 0. The van der Waals surface area contributed by atoms with Gasteiger partial charge in [0.15, 0.2) is 0 Å². The number of hydrogen-bond acceptors (Lipinski definition) is 5. The van der Waals surface area contributed by atoms with E-state index in [0.717, 1.165) is 45.2 Å². The molecule has 2 aliphatic rings. The van der Waals surface area contributed by atoms with Crippen molar-refractivity contribution in [3.63, 3.8) is 0 Å². The smallest absolute Gasteiger partial charge is 0.229 e. The highest BCUT2D eigenvalue weighted by Crippen LogP contribution is 2.27. The highest BCUT2D eigenvalue weighted by molar-refractivity contribution is 5.90. The fourth-order valence-electron chi connectivity index (χ4n) is 3.59. The van der Waals surface area contributed by atoms with E-state index in [1.807, 2.05) is 0 Å². The minimum Gasteiger partial charge on any atom is -0.391 e. The molecule has 6 nitrogen and oxygen atoms in total. The fourth-order valence-corrected chi connectivity index (χ4v) is 3.59. The summed E-state index contributed by atoms with van der Waals surface area (Å²) in [5.74, 6) is 0.397. The monoisotopic (exact) mass is 304 g/mol. The van der Waals surface area contributed by atoms with Crippen LogP contribution in [0.25, 0.3) is 0 Å². The van der Waals surface area contributed by atoms with Crippen molar-refractivity contribution in [1.29, 1.82) is 0 Å². The maximum absolute atomic E-state index is 12.3. The maximum atomic E-state index is 12.3. The van der Waals surface area contributed by atoms with Crippen LogP contribution in [0, 0.1) is 5.92 Å². The third-order valence-electron chi connectivity index (χ3n) is 4.86. The molecule has 0 bridgehead atoms. The van der Waals surface area contributed by atoms with Gasteiger partial charge in [-0.3, -0.25) is 15.0 Å². The summed E-state index contributed by atoms with van der Waals surface area (Å²) in [4.78, 5) is 22.7. The fraction of sp³-hybridized carbons (Fsp3) is 0.688. The number of piperidine rings is 1. The molecule has 120 valence electrons. The second kappa shape index (κ2) is 7.15. The van der Waals surface area contributed by atoms with Gasteiger partial charge < -0.3 is 5.11 Å². The molecule has 2 atom stereocenters. The van der Waals surface area contributed by atoms with Crippen molar-refractivity contribution >= 4 is 11.9 Å². The van der Waals surface area contributed by atoms with E-state index in [1.54, 1.807) is 18.5 Å². The maximum Gasteiger partial charge on any atom is 0.229 e. The molecule has 1 aliphatic heterocycles. The second-order valence-electron chi connectivity index (χ2n) is 6.29.